The molecule has 0 aliphatic rings. The van der Waals surface area contributed by atoms with Crippen LogP contribution in [-0.4, -0.2) is 20.7 Å². The Hall–Kier alpha value is -2.70. The van der Waals surface area contributed by atoms with E-state index >= 15 is 0 Å². The standard InChI is InChI=1S/C20H17ClN4OS/c1-13-11-16(23-24(13)2)19(26)25(12-14-7-4-3-5-8-14)20-22-18-15(21)9-6-10-17(18)27-20/h3-11H,12H2,1-2H3. The number of benzene rings is 2. The van der Waals surface area contributed by atoms with Crippen LogP contribution in [0.4, 0.5) is 5.13 Å². The van der Waals surface area contributed by atoms with Gasteiger partial charge in [-0.2, -0.15) is 5.10 Å². The molecule has 0 atom stereocenters. The summed E-state index contributed by atoms with van der Waals surface area (Å²) in [6, 6.07) is 17.3. The number of fused-ring (bicyclic) bond motifs is 1. The second-order valence-corrected chi connectivity index (χ2v) is 7.67. The minimum atomic E-state index is -0.183. The van der Waals surface area contributed by atoms with E-state index in [1.54, 1.807) is 21.7 Å². The van der Waals surface area contributed by atoms with Crippen LogP contribution in [0.3, 0.4) is 0 Å². The number of hydrogen-bond acceptors (Lipinski definition) is 4. The number of nitrogens with zero attached hydrogens (tertiary/aromatic N) is 4. The van der Waals surface area contributed by atoms with E-state index in [1.807, 2.05) is 56.4 Å². The number of carbonyl (C=O) groups excluding carboxylic acids is 1. The van der Waals surface area contributed by atoms with Gasteiger partial charge in [0.25, 0.3) is 5.91 Å². The molecule has 136 valence electrons. The molecule has 0 unspecified atom stereocenters. The highest BCUT2D eigenvalue weighted by molar-refractivity contribution is 7.22. The number of aromatic nitrogens is 3. The van der Waals surface area contributed by atoms with Gasteiger partial charge in [0.05, 0.1) is 16.3 Å². The zero-order chi connectivity index (χ0) is 19.0. The maximum absolute atomic E-state index is 13.3. The van der Waals surface area contributed by atoms with Crippen molar-refractivity contribution in [3.63, 3.8) is 0 Å². The fraction of sp³-hybridized carbons (Fsp3) is 0.150. The third-order valence-electron chi connectivity index (χ3n) is 4.35. The van der Waals surface area contributed by atoms with Gasteiger partial charge in [-0.05, 0) is 30.7 Å². The molecule has 0 N–H and O–H groups in total. The van der Waals surface area contributed by atoms with Gasteiger partial charge in [0.1, 0.15) is 5.52 Å². The van der Waals surface area contributed by atoms with E-state index in [1.165, 1.54) is 11.3 Å². The average molecular weight is 397 g/mol. The fourth-order valence-corrected chi connectivity index (χ4v) is 4.08. The van der Waals surface area contributed by atoms with E-state index in [0.29, 0.717) is 27.9 Å². The van der Waals surface area contributed by atoms with Gasteiger partial charge < -0.3 is 0 Å². The molecule has 7 heteroatoms. The molecule has 27 heavy (non-hydrogen) atoms. The van der Waals surface area contributed by atoms with Crippen molar-refractivity contribution in [3.05, 3.63) is 76.6 Å². The summed E-state index contributed by atoms with van der Waals surface area (Å²) in [5.41, 5.74) is 3.05. The monoisotopic (exact) mass is 396 g/mol. The normalized spacial score (nSPS) is 11.1. The number of hydrogen-bond donors (Lipinski definition) is 0. The van der Waals surface area contributed by atoms with Gasteiger partial charge in [0.15, 0.2) is 10.8 Å². The van der Waals surface area contributed by atoms with E-state index in [0.717, 1.165) is 16.0 Å². The van der Waals surface area contributed by atoms with Crippen molar-refractivity contribution in [3.8, 4) is 0 Å². The molecule has 0 radical (unpaired) electrons. The van der Waals surface area contributed by atoms with E-state index in [2.05, 4.69) is 10.1 Å². The quantitative estimate of drug-likeness (QED) is 0.496. The first-order valence-corrected chi connectivity index (χ1v) is 9.64. The van der Waals surface area contributed by atoms with Gasteiger partial charge in [-0.1, -0.05) is 59.3 Å². The first-order valence-electron chi connectivity index (χ1n) is 8.44. The van der Waals surface area contributed by atoms with E-state index in [4.69, 9.17) is 11.6 Å². The molecule has 0 saturated heterocycles. The first-order chi connectivity index (χ1) is 13.0. The van der Waals surface area contributed by atoms with Crippen molar-refractivity contribution in [1.82, 2.24) is 14.8 Å². The van der Waals surface area contributed by atoms with Gasteiger partial charge >= 0.3 is 0 Å². The Morgan fingerprint density at radius 2 is 1.96 bits per heavy atom. The maximum atomic E-state index is 13.3. The highest BCUT2D eigenvalue weighted by atomic mass is 35.5. The van der Waals surface area contributed by atoms with Crippen LogP contribution >= 0.6 is 22.9 Å². The van der Waals surface area contributed by atoms with Crippen molar-refractivity contribution >= 4 is 44.2 Å². The minimum Gasteiger partial charge on any atom is -0.278 e. The van der Waals surface area contributed by atoms with Crippen molar-refractivity contribution in [2.45, 2.75) is 13.5 Å². The molecule has 2 heterocycles. The number of amides is 1. The predicted octanol–water partition coefficient (Wildman–Crippen LogP) is 4.84. The third kappa shape index (κ3) is 3.46. The number of rotatable bonds is 4. The van der Waals surface area contributed by atoms with E-state index in [-0.39, 0.29) is 5.91 Å². The number of anilines is 1. The Balaban J connectivity index is 1.79. The van der Waals surface area contributed by atoms with Crippen LogP contribution in [0.2, 0.25) is 5.02 Å². The summed E-state index contributed by atoms with van der Waals surface area (Å²) < 4.78 is 2.64. The Bertz CT molecular complexity index is 1100. The van der Waals surface area contributed by atoms with Crippen LogP contribution in [0.5, 0.6) is 0 Å². The van der Waals surface area contributed by atoms with E-state index < -0.39 is 0 Å². The van der Waals surface area contributed by atoms with Crippen LogP contribution in [0.1, 0.15) is 21.7 Å². The van der Waals surface area contributed by atoms with Gasteiger partial charge in [-0.25, -0.2) is 4.98 Å². The number of halogens is 1. The molecular formula is C20H17ClN4OS. The molecule has 2 aromatic heterocycles. The molecule has 0 aliphatic carbocycles. The highest BCUT2D eigenvalue weighted by Gasteiger charge is 2.24. The molecule has 4 aromatic rings. The van der Waals surface area contributed by atoms with Crippen molar-refractivity contribution in [1.29, 1.82) is 0 Å². The Morgan fingerprint density at radius 1 is 1.19 bits per heavy atom. The molecule has 1 amide bonds. The zero-order valence-electron chi connectivity index (χ0n) is 14.9. The fourth-order valence-electron chi connectivity index (χ4n) is 2.81. The lowest BCUT2D eigenvalue weighted by Gasteiger charge is -2.19. The number of thiazole rings is 1. The second-order valence-electron chi connectivity index (χ2n) is 6.25. The number of para-hydroxylation sites is 1. The number of carbonyl (C=O) groups is 1. The van der Waals surface area contributed by atoms with Crippen LogP contribution in [0.25, 0.3) is 10.2 Å². The first kappa shape index (κ1) is 17.7. The van der Waals surface area contributed by atoms with Crippen LogP contribution in [-0.2, 0) is 13.6 Å². The van der Waals surface area contributed by atoms with Crippen molar-refractivity contribution < 1.29 is 4.79 Å². The molecule has 0 fully saturated rings. The Morgan fingerprint density at radius 3 is 2.63 bits per heavy atom. The van der Waals surface area contributed by atoms with Crippen LogP contribution < -0.4 is 4.90 Å². The summed E-state index contributed by atoms with van der Waals surface area (Å²) in [6.07, 6.45) is 0. The lowest BCUT2D eigenvalue weighted by Crippen LogP contribution is -2.30. The topological polar surface area (TPSA) is 51.0 Å². The molecule has 4 rings (SSSR count). The molecular weight excluding hydrogens is 380 g/mol. The van der Waals surface area contributed by atoms with Gasteiger partial charge in [-0.3, -0.25) is 14.4 Å². The molecule has 0 spiro atoms. The molecule has 0 aliphatic heterocycles. The van der Waals surface area contributed by atoms with Gasteiger partial charge in [-0.15, -0.1) is 0 Å². The lowest BCUT2D eigenvalue weighted by molar-refractivity contribution is 0.0979. The van der Waals surface area contributed by atoms with Gasteiger partial charge in [0.2, 0.25) is 0 Å². The summed E-state index contributed by atoms with van der Waals surface area (Å²) in [6.45, 7) is 2.33. The largest absolute Gasteiger partial charge is 0.280 e. The van der Waals surface area contributed by atoms with Gasteiger partial charge in [0, 0.05) is 12.7 Å². The van der Waals surface area contributed by atoms with Crippen LogP contribution in [0.15, 0.2) is 54.6 Å². The lowest BCUT2D eigenvalue weighted by atomic mass is 10.2. The summed E-state index contributed by atoms with van der Waals surface area (Å²) in [5, 5.41) is 5.53. The Labute approximate surface area is 165 Å². The zero-order valence-corrected chi connectivity index (χ0v) is 16.5. The predicted molar refractivity (Wildman–Crippen MR) is 110 cm³/mol. The smallest absolute Gasteiger partial charge is 0.278 e. The van der Waals surface area contributed by atoms with Crippen molar-refractivity contribution in [2.75, 3.05) is 4.90 Å². The Kier molecular flexibility index (Phi) is 4.68. The van der Waals surface area contributed by atoms with Crippen LogP contribution in [0, 0.1) is 6.92 Å². The summed E-state index contributed by atoms with van der Waals surface area (Å²) in [5.74, 6) is -0.183. The summed E-state index contributed by atoms with van der Waals surface area (Å²) >= 11 is 7.73. The molecule has 0 bridgehead atoms. The highest BCUT2D eigenvalue weighted by Crippen LogP contribution is 2.34. The molecule has 5 nitrogen and oxygen atoms in total. The minimum absolute atomic E-state index is 0.183. The second kappa shape index (κ2) is 7.13. The van der Waals surface area contributed by atoms with E-state index in [9.17, 15) is 4.79 Å². The van der Waals surface area contributed by atoms with Crippen molar-refractivity contribution in [2.24, 2.45) is 7.05 Å². The maximum Gasteiger partial charge on any atom is 0.280 e. The molecule has 0 saturated carbocycles. The number of aryl methyl sites for hydroxylation is 2. The SMILES string of the molecule is Cc1cc(C(=O)N(Cc2ccccc2)c2nc3c(Cl)cccc3s2)nn1C. The average Bonchev–Trinajstić information content (AvgIpc) is 3.25. The summed E-state index contributed by atoms with van der Waals surface area (Å²) in [4.78, 5) is 19.6. The third-order valence-corrected chi connectivity index (χ3v) is 5.70. The summed E-state index contributed by atoms with van der Waals surface area (Å²) in [7, 11) is 1.82. The molecule has 2 aromatic carbocycles.